The molecule has 0 radical (unpaired) electrons. The molecule has 1 saturated carbocycles. The highest BCUT2D eigenvalue weighted by Gasteiger charge is 2.41. The molecule has 184 valence electrons. The molecule has 2 amide bonds. The van der Waals surface area contributed by atoms with Crippen LogP contribution in [0.3, 0.4) is 0 Å². The van der Waals surface area contributed by atoms with Gasteiger partial charge in [0, 0.05) is 11.3 Å². The molecule has 0 bridgehead atoms. The number of nitrogens with one attached hydrogen (secondary N) is 1. The summed E-state index contributed by atoms with van der Waals surface area (Å²) in [5, 5.41) is 3.42. The number of amides is 2. The van der Waals surface area contributed by atoms with Gasteiger partial charge >= 0.3 is 0 Å². The van der Waals surface area contributed by atoms with Gasteiger partial charge in [0.05, 0.1) is 10.9 Å². The van der Waals surface area contributed by atoms with Gasteiger partial charge in [-0.1, -0.05) is 43.2 Å². The normalized spacial score (nSPS) is 23.5. The molecule has 0 aromatic heterocycles. The fourth-order valence-corrected chi connectivity index (χ4v) is 6.57. The average molecular weight is 493 g/mol. The fourth-order valence-electron chi connectivity index (χ4n) is 5.11. The van der Waals surface area contributed by atoms with Gasteiger partial charge in [0.15, 0.2) is 11.5 Å². The number of benzene rings is 2. The van der Waals surface area contributed by atoms with Crippen molar-refractivity contribution in [3.8, 4) is 11.5 Å². The molecule has 0 spiro atoms. The predicted octanol–water partition coefficient (Wildman–Crippen LogP) is 4.87. The third kappa shape index (κ3) is 5.20. The lowest BCUT2D eigenvalue weighted by molar-refractivity contribution is -0.135. The van der Waals surface area contributed by atoms with E-state index in [4.69, 9.17) is 9.47 Å². The summed E-state index contributed by atoms with van der Waals surface area (Å²) >= 11 is 1.69. The van der Waals surface area contributed by atoms with Crippen molar-refractivity contribution in [3.05, 3.63) is 64.1 Å². The summed E-state index contributed by atoms with van der Waals surface area (Å²) in [4.78, 5) is 29.3. The second-order valence-corrected chi connectivity index (χ2v) is 10.8. The molecule has 1 aliphatic carbocycles. The molecule has 7 heteroatoms. The smallest absolute Gasteiger partial charge is 0.261 e. The van der Waals surface area contributed by atoms with Crippen LogP contribution in [0.5, 0.6) is 11.5 Å². The summed E-state index contributed by atoms with van der Waals surface area (Å²) in [6.45, 7) is 5.14. The first-order valence-corrected chi connectivity index (χ1v) is 13.3. The highest BCUT2D eigenvalue weighted by molar-refractivity contribution is 8.04. The monoisotopic (exact) mass is 492 g/mol. The first-order valence-electron chi connectivity index (χ1n) is 12.4. The highest BCUT2D eigenvalue weighted by Crippen LogP contribution is 2.42. The minimum Gasteiger partial charge on any atom is -0.486 e. The van der Waals surface area contributed by atoms with Crippen molar-refractivity contribution < 1.29 is 19.1 Å². The number of carbonyl (C=O) groups is 2. The summed E-state index contributed by atoms with van der Waals surface area (Å²) < 4.78 is 11.3. The van der Waals surface area contributed by atoms with Crippen molar-refractivity contribution in [2.24, 2.45) is 0 Å². The Balaban J connectivity index is 1.32. The molecule has 3 aliphatic rings. The average Bonchev–Trinajstić information content (AvgIpc) is 2.87. The van der Waals surface area contributed by atoms with E-state index in [1.54, 1.807) is 11.8 Å². The minimum absolute atomic E-state index is 0.0384. The van der Waals surface area contributed by atoms with Gasteiger partial charge in [-0.25, -0.2) is 0 Å². The Morgan fingerprint density at radius 2 is 1.91 bits per heavy atom. The van der Waals surface area contributed by atoms with Crippen LogP contribution in [0.2, 0.25) is 0 Å². The van der Waals surface area contributed by atoms with E-state index in [-0.39, 0.29) is 30.4 Å². The third-order valence-corrected chi connectivity index (χ3v) is 8.45. The second-order valence-electron chi connectivity index (χ2n) is 9.50. The quantitative estimate of drug-likeness (QED) is 0.603. The van der Waals surface area contributed by atoms with Gasteiger partial charge in [-0.15, -0.1) is 11.8 Å². The van der Waals surface area contributed by atoms with Crippen molar-refractivity contribution in [2.45, 2.75) is 56.9 Å². The van der Waals surface area contributed by atoms with Gasteiger partial charge in [0.2, 0.25) is 5.91 Å². The number of fused-ring (bicyclic) bond motifs is 2. The number of carbonyl (C=O) groups excluding carboxylic acids is 2. The zero-order valence-corrected chi connectivity index (χ0v) is 21.1. The SMILES string of the molecule is Cc1ccccc1/C=C1\SC2CCCCC2N(CC(=O)NC(C)c2ccc3c(c2)OCCO3)C1=O. The molecule has 2 aliphatic heterocycles. The van der Waals surface area contributed by atoms with Gasteiger partial charge in [0.1, 0.15) is 19.8 Å². The van der Waals surface area contributed by atoms with Gasteiger partial charge in [-0.3, -0.25) is 9.59 Å². The van der Waals surface area contributed by atoms with Crippen molar-refractivity contribution in [1.29, 1.82) is 0 Å². The summed E-state index contributed by atoms with van der Waals surface area (Å²) in [5.41, 5.74) is 3.13. The lowest BCUT2D eigenvalue weighted by Gasteiger charge is -2.44. The Morgan fingerprint density at radius 3 is 2.74 bits per heavy atom. The van der Waals surface area contributed by atoms with Crippen LogP contribution in [0.4, 0.5) is 0 Å². The standard InChI is InChI=1S/C28H32N2O4S/c1-18-7-3-4-8-20(18)16-26-28(32)30(22-9-5-6-10-25(22)35-26)17-27(31)29-19(2)21-11-12-23-24(15-21)34-14-13-33-23/h3-4,7-8,11-12,15-16,19,22,25H,5-6,9-10,13-14,17H2,1-2H3,(H,29,31)/b26-16-. The Kier molecular flexibility index (Phi) is 7.04. The van der Waals surface area contributed by atoms with Crippen LogP contribution < -0.4 is 14.8 Å². The maximum absolute atomic E-state index is 13.6. The molecule has 2 aromatic carbocycles. The van der Waals surface area contributed by atoms with Gasteiger partial charge < -0.3 is 19.7 Å². The summed E-state index contributed by atoms with van der Waals surface area (Å²) in [7, 11) is 0. The predicted molar refractivity (Wildman–Crippen MR) is 138 cm³/mol. The topological polar surface area (TPSA) is 67.9 Å². The van der Waals surface area contributed by atoms with E-state index in [1.165, 1.54) is 6.42 Å². The van der Waals surface area contributed by atoms with Crippen LogP contribution in [0.1, 0.15) is 55.3 Å². The minimum atomic E-state index is -0.211. The molecule has 2 heterocycles. The first kappa shape index (κ1) is 23.8. The largest absolute Gasteiger partial charge is 0.486 e. The molecule has 5 rings (SSSR count). The van der Waals surface area contributed by atoms with Gasteiger partial charge in [-0.2, -0.15) is 0 Å². The number of rotatable bonds is 5. The third-order valence-electron chi connectivity index (χ3n) is 7.05. The first-order chi connectivity index (χ1) is 17.0. The Labute approximate surface area is 211 Å². The molecule has 3 unspecified atom stereocenters. The Morgan fingerprint density at radius 1 is 1.14 bits per heavy atom. The maximum Gasteiger partial charge on any atom is 0.261 e. The van der Waals surface area contributed by atoms with E-state index < -0.39 is 0 Å². The summed E-state index contributed by atoms with van der Waals surface area (Å²) in [5.74, 6) is 1.25. The van der Waals surface area contributed by atoms with E-state index in [1.807, 2.05) is 54.3 Å². The fraction of sp³-hybridized carbons (Fsp3) is 0.429. The van der Waals surface area contributed by atoms with E-state index >= 15 is 0 Å². The lowest BCUT2D eigenvalue weighted by atomic mass is 9.93. The van der Waals surface area contributed by atoms with Crippen LogP contribution in [-0.4, -0.2) is 47.8 Å². The molecule has 35 heavy (non-hydrogen) atoms. The van der Waals surface area contributed by atoms with Crippen LogP contribution in [0, 0.1) is 6.92 Å². The lowest BCUT2D eigenvalue weighted by Crippen LogP contribution is -2.54. The molecule has 6 nitrogen and oxygen atoms in total. The molecule has 2 fully saturated rings. The number of thioether (sulfide) groups is 1. The number of aryl methyl sites for hydroxylation is 1. The number of hydrogen-bond donors (Lipinski definition) is 1. The molecular formula is C28H32N2O4S. The molecule has 1 saturated heterocycles. The zero-order valence-electron chi connectivity index (χ0n) is 20.3. The Hall–Kier alpha value is -2.93. The molecular weight excluding hydrogens is 460 g/mol. The van der Waals surface area contributed by atoms with E-state index in [9.17, 15) is 9.59 Å². The van der Waals surface area contributed by atoms with Crippen LogP contribution in [0.25, 0.3) is 6.08 Å². The van der Waals surface area contributed by atoms with Crippen LogP contribution in [-0.2, 0) is 9.59 Å². The number of hydrogen-bond acceptors (Lipinski definition) is 5. The summed E-state index contributed by atoms with van der Waals surface area (Å²) in [6, 6.07) is 13.7. The van der Waals surface area contributed by atoms with Crippen molar-refractivity contribution in [3.63, 3.8) is 0 Å². The molecule has 1 N–H and O–H groups in total. The van der Waals surface area contributed by atoms with E-state index in [0.29, 0.717) is 24.2 Å². The zero-order chi connectivity index (χ0) is 24.4. The number of ether oxygens (including phenoxy) is 2. The Bertz CT molecular complexity index is 1150. The van der Waals surface area contributed by atoms with Crippen molar-refractivity contribution in [2.75, 3.05) is 19.8 Å². The molecule has 2 aromatic rings. The van der Waals surface area contributed by atoms with Crippen molar-refractivity contribution in [1.82, 2.24) is 10.2 Å². The van der Waals surface area contributed by atoms with Crippen molar-refractivity contribution >= 4 is 29.7 Å². The molecule has 3 atom stereocenters. The second kappa shape index (κ2) is 10.4. The van der Waals surface area contributed by atoms with E-state index in [2.05, 4.69) is 18.3 Å². The van der Waals surface area contributed by atoms with Crippen LogP contribution >= 0.6 is 11.8 Å². The summed E-state index contributed by atoms with van der Waals surface area (Å²) in [6.07, 6.45) is 6.28. The van der Waals surface area contributed by atoms with Gasteiger partial charge in [0.25, 0.3) is 5.91 Å². The highest BCUT2D eigenvalue weighted by atomic mass is 32.2. The van der Waals surface area contributed by atoms with E-state index in [0.717, 1.165) is 46.6 Å². The van der Waals surface area contributed by atoms with Crippen LogP contribution in [0.15, 0.2) is 47.4 Å². The maximum atomic E-state index is 13.6. The number of nitrogens with zero attached hydrogens (tertiary/aromatic N) is 1. The van der Waals surface area contributed by atoms with Gasteiger partial charge in [-0.05, 0) is 61.6 Å².